The van der Waals surface area contributed by atoms with Crippen molar-refractivity contribution in [2.45, 2.75) is 20.0 Å². The molecule has 0 atom stereocenters. The van der Waals surface area contributed by atoms with Crippen molar-refractivity contribution in [2.24, 2.45) is 12.5 Å². The zero-order valence-electron chi connectivity index (χ0n) is 22.1. The minimum absolute atomic E-state index is 0.00888. The molecule has 0 bridgehead atoms. The molecule has 3 aromatic heterocycles. The molecule has 0 radical (unpaired) electrons. The summed E-state index contributed by atoms with van der Waals surface area (Å²) in [6.45, 7) is 8.76. The monoisotopic (exact) mass is 519 g/mol. The van der Waals surface area contributed by atoms with E-state index in [0.29, 0.717) is 30.1 Å². The summed E-state index contributed by atoms with van der Waals surface area (Å²) in [6.07, 6.45) is 7.57. The Morgan fingerprint density at radius 1 is 1.21 bits per heavy atom. The van der Waals surface area contributed by atoms with Gasteiger partial charge in [0.25, 0.3) is 0 Å². The van der Waals surface area contributed by atoms with Gasteiger partial charge in [0.1, 0.15) is 23.9 Å². The van der Waals surface area contributed by atoms with Gasteiger partial charge in [-0.3, -0.25) is 19.4 Å². The second kappa shape index (κ2) is 9.55. The normalized spacial score (nSPS) is 15.8. The van der Waals surface area contributed by atoms with Gasteiger partial charge in [0.2, 0.25) is 5.91 Å². The van der Waals surface area contributed by atoms with Crippen LogP contribution in [0.2, 0.25) is 0 Å². The van der Waals surface area contributed by atoms with E-state index in [0.717, 1.165) is 52.9 Å². The number of carbonyl (C=O) groups excluding carboxylic acids is 1. The molecule has 9 nitrogen and oxygen atoms in total. The van der Waals surface area contributed by atoms with Crippen LogP contribution in [-0.4, -0.2) is 56.7 Å². The molecule has 196 valence electrons. The third-order valence-corrected chi connectivity index (χ3v) is 7.87. The predicted octanol–water partition coefficient (Wildman–Crippen LogP) is 4.01. The first-order valence-corrected chi connectivity index (χ1v) is 13.0. The number of pyridine rings is 2. The number of carbonyl (C=O) groups is 1. The van der Waals surface area contributed by atoms with Gasteiger partial charge < -0.3 is 14.5 Å². The number of anilines is 1. The van der Waals surface area contributed by atoms with E-state index in [1.165, 1.54) is 6.08 Å². The molecule has 9 heteroatoms. The molecule has 6 rings (SSSR count). The molecule has 2 fully saturated rings. The largest absolute Gasteiger partial charge is 0.483 e. The van der Waals surface area contributed by atoms with E-state index < -0.39 is 0 Å². The molecule has 1 spiro atoms. The number of aryl methyl sites for hydroxylation is 2. The van der Waals surface area contributed by atoms with Crippen LogP contribution in [0.5, 0.6) is 5.75 Å². The fourth-order valence-electron chi connectivity index (χ4n) is 5.93. The standard InChI is InChI=1S/C30H29N7O2/c1-4-25(38)37-18-30(19-37)10-12-36(17-30)29-23(13-31)27(26-20(2)8-9-21-14-34-35(3)28(21)26)33-15-24(29)39-16-22-7-5-6-11-32-22/h4-9,11,14-15H,1,10,12,16-19H2,2-3H3. The summed E-state index contributed by atoms with van der Waals surface area (Å²) >= 11 is 0. The Morgan fingerprint density at radius 2 is 2.05 bits per heavy atom. The van der Waals surface area contributed by atoms with Crippen molar-refractivity contribution in [3.8, 4) is 23.1 Å². The topological polar surface area (TPSA) is 100 Å². The van der Waals surface area contributed by atoms with Crippen LogP contribution in [0.4, 0.5) is 5.69 Å². The number of hydrogen-bond acceptors (Lipinski definition) is 7. The van der Waals surface area contributed by atoms with Crippen molar-refractivity contribution in [1.82, 2.24) is 24.6 Å². The molecule has 2 aliphatic heterocycles. The number of amides is 1. The molecule has 0 aliphatic carbocycles. The second-order valence-corrected chi connectivity index (χ2v) is 10.4. The quantitative estimate of drug-likeness (QED) is 0.355. The second-order valence-electron chi connectivity index (χ2n) is 10.4. The molecule has 1 amide bonds. The summed E-state index contributed by atoms with van der Waals surface area (Å²) in [5.74, 6) is 0.508. The smallest absolute Gasteiger partial charge is 0.245 e. The third kappa shape index (κ3) is 4.18. The predicted molar refractivity (Wildman–Crippen MR) is 148 cm³/mol. The van der Waals surface area contributed by atoms with Crippen LogP contribution >= 0.6 is 0 Å². The van der Waals surface area contributed by atoms with E-state index in [4.69, 9.17) is 9.72 Å². The summed E-state index contributed by atoms with van der Waals surface area (Å²) in [5, 5.41) is 16.0. The average molecular weight is 520 g/mol. The maximum absolute atomic E-state index is 12.1. The highest BCUT2D eigenvalue weighted by Crippen LogP contribution is 2.46. The number of likely N-dealkylation sites (tertiary alicyclic amines) is 1. The Labute approximate surface area is 227 Å². The molecule has 0 saturated carbocycles. The molecule has 2 saturated heterocycles. The zero-order valence-corrected chi connectivity index (χ0v) is 22.1. The number of benzene rings is 1. The third-order valence-electron chi connectivity index (χ3n) is 7.87. The lowest BCUT2D eigenvalue weighted by Gasteiger charge is -2.47. The van der Waals surface area contributed by atoms with E-state index in [1.54, 1.807) is 12.4 Å². The number of nitrogens with zero attached hydrogens (tertiary/aromatic N) is 7. The van der Waals surface area contributed by atoms with Gasteiger partial charge in [-0.1, -0.05) is 24.8 Å². The van der Waals surface area contributed by atoms with Crippen LogP contribution < -0.4 is 9.64 Å². The first-order valence-electron chi connectivity index (χ1n) is 13.0. The van der Waals surface area contributed by atoms with Crippen LogP contribution in [0.1, 0.15) is 23.2 Å². The number of ether oxygens (including phenoxy) is 1. The summed E-state index contributed by atoms with van der Waals surface area (Å²) < 4.78 is 8.11. The molecular weight excluding hydrogens is 490 g/mol. The number of hydrogen-bond donors (Lipinski definition) is 0. The van der Waals surface area contributed by atoms with E-state index in [1.807, 2.05) is 60.1 Å². The van der Waals surface area contributed by atoms with Gasteiger partial charge >= 0.3 is 0 Å². The van der Waals surface area contributed by atoms with Crippen molar-refractivity contribution in [1.29, 1.82) is 5.26 Å². The van der Waals surface area contributed by atoms with Gasteiger partial charge in [0, 0.05) is 55.8 Å². The highest BCUT2D eigenvalue weighted by molar-refractivity contribution is 5.97. The molecular formula is C30H29N7O2. The fourth-order valence-corrected chi connectivity index (χ4v) is 5.93. The Bertz CT molecular complexity index is 1630. The summed E-state index contributed by atoms with van der Waals surface area (Å²) in [5.41, 5.74) is 5.44. The summed E-state index contributed by atoms with van der Waals surface area (Å²) in [4.78, 5) is 25.4. The van der Waals surface area contributed by atoms with Gasteiger partial charge in [0.05, 0.1) is 29.3 Å². The highest BCUT2D eigenvalue weighted by atomic mass is 16.5. The van der Waals surface area contributed by atoms with Gasteiger partial charge in [-0.25, -0.2) is 0 Å². The Morgan fingerprint density at radius 3 is 2.79 bits per heavy atom. The average Bonchev–Trinajstić information content (AvgIpc) is 3.55. The maximum atomic E-state index is 12.1. The van der Waals surface area contributed by atoms with Gasteiger partial charge in [-0.2, -0.15) is 10.4 Å². The molecule has 0 N–H and O–H groups in total. The lowest BCUT2D eigenvalue weighted by atomic mass is 9.79. The van der Waals surface area contributed by atoms with Crippen molar-refractivity contribution in [3.05, 3.63) is 78.4 Å². The van der Waals surface area contributed by atoms with E-state index >= 15 is 0 Å². The van der Waals surface area contributed by atoms with Crippen LogP contribution in [0.3, 0.4) is 0 Å². The van der Waals surface area contributed by atoms with Gasteiger partial charge in [-0.05, 0) is 37.1 Å². The minimum Gasteiger partial charge on any atom is -0.483 e. The Hall–Kier alpha value is -4.71. The van der Waals surface area contributed by atoms with Gasteiger partial charge in [0.15, 0.2) is 5.75 Å². The fraction of sp³-hybridized carbons (Fsp3) is 0.300. The first-order chi connectivity index (χ1) is 18.9. The summed E-state index contributed by atoms with van der Waals surface area (Å²) in [6, 6.07) is 12.2. The molecule has 4 aromatic rings. The van der Waals surface area contributed by atoms with Crippen molar-refractivity contribution in [3.63, 3.8) is 0 Å². The van der Waals surface area contributed by atoms with Crippen LogP contribution in [0, 0.1) is 23.7 Å². The molecule has 2 aliphatic rings. The summed E-state index contributed by atoms with van der Waals surface area (Å²) in [7, 11) is 1.90. The molecule has 39 heavy (non-hydrogen) atoms. The van der Waals surface area contributed by atoms with Crippen molar-refractivity contribution < 1.29 is 9.53 Å². The van der Waals surface area contributed by atoms with Crippen LogP contribution in [-0.2, 0) is 18.4 Å². The first kappa shape index (κ1) is 24.6. The lowest BCUT2D eigenvalue weighted by molar-refractivity contribution is -0.136. The highest BCUT2D eigenvalue weighted by Gasteiger charge is 2.49. The van der Waals surface area contributed by atoms with Crippen LogP contribution in [0.25, 0.3) is 22.2 Å². The number of nitriles is 1. The van der Waals surface area contributed by atoms with Gasteiger partial charge in [-0.15, -0.1) is 0 Å². The molecule has 5 heterocycles. The molecule has 0 unspecified atom stereocenters. The Balaban J connectivity index is 1.44. The van der Waals surface area contributed by atoms with Crippen molar-refractivity contribution >= 4 is 22.5 Å². The Kier molecular flexibility index (Phi) is 6.03. The van der Waals surface area contributed by atoms with Crippen LogP contribution in [0.15, 0.2) is 61.6 Å². The van der Waals surface area contributed by atoms with E-state index in [9.17, 15) is 10.1 Å². The number of rotatable bonds is 6. The molecule has 1 aromatic carbocycles. The lowest BCUT2D eigenvalue weighted by Crippen LogP contribution is -2.59. The SMILES string of the molecule is C=CC(=O)N1CC2(CCN(c3c(OCc4ccccn4)cnc(-c4c(C)ccc5cnn(C)c45)c3C#N)C2)C1. The minimum atomic E-state index is -0.0397. The van der Waals surface area contributed by atoms with Crippen molar-refractivity contribution in [2.75, 3.05) is 31.1 Å². The van der Waals surface area contributed by atoms with E-state index in [2.05, 4.69) is 27.6 Å². The maximum Gasteiger partial charge on any atom is 0.245 e. The van der Waals surface area contributed by atoms with E-state index in [-0.39, 0.29) is 17.9 Å². The number of aromatic nitrogens is 4. The zero-order chi connectivity index (χ0) is 27.1. The number of fused-ring (bicyclic) bond motifs is 1.